The summed E-state index contributed by atoms with van der Waals surface area (Å²) < 4.78 is 27.2. The highest BCUT2D eigenvalue weighted by Crippen LogP contribution is 2.32. The number of nitrogens with zero attached hydrogens (tertiary/aromatic N) is 2. The molecule has 1 aromatic heterocycles. The molecule has 0 saturated carbocycles. The fourth-order valence-corrected chi connectivity index (χ4v) is 4.84. The standard InChI is InChI=1S/C16H18N2O4S/c1-10-5-6-14(12-4-3-7-17-15(10)12)23(21,22)18-8-11(2)13(9-18)16(19)20/h3-7,11,13H,8-9H2,1-2H3,(H,19,20)/t11-,13-/m1/s1. The monoisotopic (exact) mass is 334 g/mol. The lowest BCUT2D eigenvalue weighted by atomic mass is 9.99. The van der Waals surface area contributed by atoms with Crippen LogP contribution in [-0.4, -0.2) is 41.9 Å². The Kier molecular flexibility index (Phi) is 3.85. The first-order valence-corrected chi connectivity index (χ1v) is 8.83. The molecule has 1 fully saturated rings. The summed E-state index contributed by atoms with van der Waals surface area (Å²) in [7, 11) is -3.75. The first-order valence-electron chi connectivity index (χ1n) is 7.39. The van der Waals surface area contributed by atoms with Gasteiger partial charge in [-0.1, -0.05) is 13.0 Å². The summed E-state index contributed by atoms with van der Waals surface area (Å²) in [6.07, 6.45) is 1.63. The average molecular weight is 334 g/mol. The van der Waals surface area contributed by atoms with Crippen molar-refractivity contribution in [1.29, 1.82) is 0 Å². The summed E-state index contributed by atoms with van der Waals surface area (Å²) in [5, 5.41) is 9.78. The molecule has 0 amide bonds. The molecule has 2 heterocycles. The van der Waals surface area contributed by atoms with Gasteiger partial charge in [0.2, 0.25) is 10.0 Å². The molecular weight excluding hydrogens is 316 g/mol. The van der Waals surface area contributed by atoms with Crippen molar-refractivity contribution in [2.75, 3.05) is 13.1 Å². The van der Waals surface area contributed by atoms with Gasteiger partial charge in [0.05, 0.1) is 16.3 Å². The van der Waals surface area contributed by atoms with Crippen molar-refractivity contribution in [1.82, 2.24) is 9.29 Å². The van der Waals surface area contributed by atoms with Crippen LogP contribution < -0.4 is 0 Å². The first kappa shape index (κ1) is 15.9. The van der Waals surface area contributed by atoms with Crippen LogP contribution in [0, 0.1) is 18.8 Å². The summed E-state index contributed by atoms with van der Waals surface area (Å²) >= 11 is 0. The zero-order valence-corrected chi connectivity index (χ0v) is 13.7. The number of fused-ring (bicyclic) bond motifs is 1. The Labute approximate surface area is 134 Å². The first-order chi connectivity index (χ1) is 10.8. The van der Waals surface area contributed by atoms with Gasteiger partial charge in [0, 0.05) is 24.7 Å². The Morgan fingerprint density at radius 3 is 2.70 bits per heavy atom. The zero-order valence-electron chi connectivity index (χ0n) is 12.9. The van der Waals surface area contributed by atoms with Crippen LogP contribution >= 0.6 is 0 Å². The van der Waals surface area contributed by atoms with E-state index in [1.807, 2.05) is 6.92 Å². The number of hydrogen-bond donors (Lipinski definition) is 1. The van der Waals surface area contributed by atoms with Crippen LogP contribution in [0.15, 0.2) is 35.4 Å². The molecule has 7 heteroatoms. The third-order valence-electron chi connectivity index (χ3n) is 4.45. The Morgan fingerprint density at radius 2 is 2.04 bits per heavy atom. The molecule has 1 N–H and O–H groups in total. The smallest absolute Gasteiger partial charge is 0.308 e. The van der Waals surface area contributed by atoms with Crippen LogP contribution in [0.4, 0.5) is 0 Å². The van der Waals surface area contributed by atoms with Gasteiger partial charge in [0.1, 0.15) is 0 Å². The maximum absolute atomic E-state index is 13.0. The molecule has 122 valence electrons. The lowest BCUT2D eigenvalue weighted by Crippen LogP contribution is -2.30. The van der Waals surface area contributed by atoms with Gasteiger partial charge in [0.25, 0.3) is 0 Å². The molecule has 1 aliphatic heterocycles. The normalized spacial score (nSPS) is 22.5. The summed E-state index contributed by atoms with van der Waals surface area (Å²) in [4.78, 5) is 15.7. The highest BCUT2D eigenvalue weighted by molar-refractivity contribution is 7.89. The fraction of sp³-hybridized carbons (Fsp3) is 0.375. The van der Waals surface area contributed by atoms with Crippen LogP contribution in [0.5, 0.6) is 0 Å². The van der Waals surface area contributed by atoms with E-state index in [4.69, 9.17) is 0 Å². The van der Waals surface area contributed by atoms with Gasteiger partial charge in [-0.15, -0.1) is 0 Å². The highest BCUT2D eigenvalue weighted by atomic mass is 32.2. The van der Waals surface area contributed by atoms with E-state index in [1.165, 1.54) is 4.31 Å². The number of pyridine rings is 1. The number of benzene rings is 1. The van der Waals surface area contributed by atoms with Crippen molar-refractivity contribution in [3.05, 3.63) is 36.0 Å². The average Bonchev–Trinajstić information content (AvgIpc) is 2.90. The summed E-state index contributed by atoms with van der Waals surface area (Å²) in [5.74, 6) is -1.83. The minimum absolute atomic E-state index is 0.00840. The largest absolute Gasteiger partial charge is 0.481 e. The number of rotatable bonds is 3. The second-order valence-corrected chi connectivity index (χ2v) is 7.93. The van der Waals surface area contributed by atoms with E-state index >= 15 is 0 Å². The minimum Gasteiger partial charge on any atom is -0.481 e. The zero-order chi connectivity index (χ0) is 16.8. The van der Waals surface area contributed by atoms with Gasteiger partial charge >= 0.3 is 5.97 Å². The lowest BCUT2D eigenvalue weighted by Gasteiger charge is -2.18. The molecule has 1 saturated heterocycles. The van der Waals surface area contributed by atoms with Crippen molar-refractivity contribution in [3.63, 3.8) is 0 Å². The molecule has 2 aromatic rings. The highest BCUT2D eigenvalue weighted by Gasteiger charge is 2.41. The molecule has 0 radical (unpaired) electrons. The van der Waals surface area contributed by atoms with Gasteiger partial charge in [0.15, 0.2) is 0 Å². The fourth-order valence-electron chi connectivity index (χ4n) is 3.09. The molecule has 23 heavy (non-hydrogen) atoms. The quantitative estimate of drug-likeness (QED) is 0.926. The van der Waals surface area contributed by atoms with Crippen LogP contribution in [0.1, 0.15) is 12.5 Å². The summed E-state index contributed by atoms with van der Waals surface area (Å²) in [5.41, 5.74) is 1.55. The van der Waals surface area contributed by atoms with E-state index < -0.39 is 21.9 Å². The van der Waals surface area contributed by atoms with E-state index in [2.05, 4.69) is 4.98 Å². The molecule has 0 spiro atoms. The van der Waals surface area contributed by atoms with Crippen molar-refractivity contribution in [2.45, 2.75) is 18.7 Å². The van der Waals surface area contributed by atoms with E-state index in [-0.39, 0.29) is 23.9 Å². The minimum atomic E-state index is -3.75. The van der Waals surface area contributed by atoms with Crippen LogP contribution in [0.2, 0.25) is 0 Å². The van der Waals surface area contributed by atoms with E-state index in [9.17, 15) is 18.3 Å². The Bertz CT molecular complexity index is 879. The Balaban J connectivity index is 2.08. The van der Waals surface area contributed by atoms with Gasteiger partial charge in [-0.2, -0.15) is 4.31 Å². The molecule has 2 atom stereocenters. The van der Waals surface area contributed by atoms with Crippen molar-refractivity contribution in [2.24, 2.45) is 11.8 Å². The molecule has 3 rings (SSSR count). The second-order valence-electron chi connectivity index (χ2n) is 6.02. The number of sulfonamides is 1. The predicted octanol–water partition coefficient (Wildman–Crippen LogP) is 1.88. The van der Waals surface area contributed by atoms with Gasteiger partial charge < -0.3 is 5.11 Å². The van der Waals surface area contributed by atoms with Crippen LogP contribution in [-0.2, 0) is 14.8 Å². The van der Waals surface area contributed by atoms with Crippen molar-refractivity contribution >= 4 is 26.9 Å². The Hall–Kier alpha value is -1.99. The molecule has 0 aliphatic carbocycles. The molecular formula is C16H18N2O4S. The summed E-state index contributed by atoms with van der Waals surface area (Å²) in [6.45, 7) is 3.87. The maximum atomic E-state index is 13.0. The van der Waals surface area contributed by atoms with Crippen molar-refractivity contribution < 1.29 is 18.3 Å². The van der Waals surface area contributed by atoms with Gasteiger partial charge in [-0.25, -0.2) is 8.42 Å². The lowest BCUT2D eigenvalue weighted by molar-refractivity contribution is -0.142. The predicted molar refractivity (Wildman–Crippen MR) is 85.5 cm³/mol. The van der Waals surface area contributed by atoms with Gasteiger partial charge in [-0.3, -0.25) is 9.78 Å². The van der Waals surface area contributed by atoms with Crippen LogP contribution in [0.3, 0.4) is 0 Å². The third-order valence-corrected chi connectivity index (χ3v) is 6.34. The molecule has 1 aromatic carbocycles. The number of carbonyl (C=O) groups is 1. The third kappa shape index (κ3) is 2.60. The van der Waals surface area contributed by atoms with Crippen molar-refractivity contribution in [3.8, 4) is 0 Å². The maximum Gasteiger partial charge on any atom is 0.308 e. The number of carboxylic acids is 1. The van der Waals surface area contributed by atoms with E-state index in [0.717, 1.165) is 5.56 Å². The number of aryl methyl sites for hydroxylation is 1. The topological polar surface area (TPSA) is 87.6 Å². The number of aliphatic carboxylic acids is 1. The van der Waals surface area contributed by atoms with Gasteiger partial charge in [-0.05, 0) is 36.6 Å². The SMILES string of the molecule is Cc1ccc(S(=O)(=O)N2C[C@@H](C)[C@H](C(=O)O)C2)c2cccnc12. The molecule has 6 nitrogen and oxygen atoms in total. The molecule has 1 aliphatic rings. The number of aromatic nitrogens is 1. The van der Waals surface area contributed by atoms with E-state index in [1.54, 1.807) is 37.4 Å². The second kappa shape index (κ2) is 5.58. The van der Waals surface area contributed by atoms with E-state index in [0.29, 0.717) is 10.9 Å². The molecule has 0 unspecified atom stereocenters. The van der Waals surface area contributed by atoms with Crippen LogP contribution in [0.25, 0.3) is 10.9 Å². The molecule has 0 bridgehead atoms. The summed E-state index contributed by atoms with van der Waals surface area (Å²) in [6, 6.07) is 6.74. The number of carboxylic acid groups (broad SMARTS) is 1. The Morgan fingerprint density at radius 1 is 1.30 bits per heavy atom. The number of hydrogen-bond acceptors (Lipinski definition) is 4.